The summed E-state index contributed by atoms with van der Waals surface area (Å²) in [6.45, 7) is 2.07. The highest BCUT2D eigenvalue weighted by atomic mass is 16.1. The summed E-state index contributed by atoms with van der Waals surface area (Å²) in [6, 6.07) is 21.3. The standard InChI is InChI=1S/C19H21NO/c1-14-18(21)13-17(15-9-5-3-6-10-15)20(2)19(14)16-11-7-4-8-12-16/h3-12,14,17,19H,13H2,1-2H3/p+1. The van der Waals surface area contributed by atoms with Gasteiger partial charge in [0.15, 0.2) is 0 Å². The highest BCUT2D eigenvalue weighted by Crippen LogP contribution is 2.29. The van der Waals surface area contributed by atoms with E-state index in [9.17, 15) is 4.79 Å². The van der Waals surface area contributed by atoms with Crippen molar-refractivity contribution in [2.24, 2.45) is 5.92 Å². The molecule has 1 heterocycles. The van der Waals surface area contributed by atoms with Crippen molar-refractivity contribution in [1.82, 2.24) is 0 Å². The predicted molar refractivity (Wildman–Crippen MR) is 84.0 cm³/mol. The summed E-state index contributed by atoms with van der Waals surface area (Å²) >= 11 is 0. The molecule has 0 bridgehead atoms. The third-order valence-corrected chi connectivity index (χ3v) is 4.81. The fraction of sp³-hybridized carbons (Fsp3) is 0.316. The number of rotatable bonds is 2. The van der Waals surface area contributed by atoms with E-state index < -0.39 is 0 Å². The van der Waals surface area contributed by atoms with Gasteiger partial charge in [-0.05, 0) is 6.92 Å². The molecule has 4 atom stereocenters. The van der Waals surface area contributed by atoms with E-state index in [0.717, 1.165) is 0 Å². The van der Waals surface area contributed by atoms with Crippen LogP contribution in [-0.4, -0.2) is 12.8 Å². The van der Waals surface area contributed by atoms with Crippen molar-refractivity contribution in [3.8, 4) is 0 Å². The molecular weight excluding hydrogens is 258 g/mol. The predicted octanol–water partition coefficient (Wildman–Crippen LogP) is 2.59. The van der Waals surface area contributed by atoms with Crippen LogP contribution < -0.4 is 4.90 Å². The molecule has 1 saturated heterocycles. The molecule has 2 heteroatoms. The van der Waals surface area contributed by atoms with Gasteiger partial charge in [0.05, 0.1) is 19.4 Å². The maximum atomic E-state index is 12.5. The number of benzene rings is 2. The van der Waals surface area contributed by atoms with Crippen LogP contribution in [0.4, 0.5) is 0 Å². The van der Waals surface area contributed by atoms with E-state index in [4.69, 9.17) is 0 Å². The van der Waals surface area contributed by atoms with Crippen LogP contribution in [0.3, 0.4) is 0 Å². The fourth-order valence-electron chi connectivity index (χ4n) is 3.62. The topological polar surface area (TPSA) is 21.5 Å². The average molecular weight is 280 g/mol. The third kappa shape index (κ3) is 2.64. The monoisotopic (exact) mass is 280 g/mol. The second-order valence-electron chi connectivity index (χ2n) is 6.05. The first-order valence-electron chi connectivity index (χ1n) is 7.64. The minimum atomic E-state index is 0.0763. The molecule has 0 spiro atoms. The summed E-state index contributed by atoms with van der Waals surface area (Å²) in [4.78, 5) is 13.9. The van der Waals surface area contributed by atoms with Crippen molar-refractivity contribution in [2.75, 3.05) is 7.05 Å². The normalized spacial score (nSPS) is 29.3. The Balaban J connectivity index is 1.98. The van der Waals surface area contributed by atoms with Gasteiger partial charge >= 0.3 is 0 Å². The number of ketones is 1. The molecule has 0 aromatic heterocycles. The molecular formula is C19H22NO+. The summed E-state index contributed by atoms with van der Waals surface area (Å²) in [5.74, 6) is 0.454. The summed E-state index contributed by atoms with van der Waals surface area (Å²) in [5, 5.41) is 0. The molecule has 2 aromatic rings. The smallest absolute Gasteiger partial charge is 0.148 e. The van der Waals surface area contributed by atoms with Gasteiger partial charge in [0.1, 0.15) is 17.9 Å². The zero-order valence-corrected chi connectivity index (χ0v) is 12.6. The van der Waals surface area contributed by atoms with Gasteiger partial charge in [0.25, 0.3) is 0 Å². The largest absolute Gasteiger partial charge is 0.324 e. The Morgan fingerprint density at radius 2 is 1.43 bits per heavy atom. The van der Waals surface area contributed by atoms with Crippen LogP contribution in [0, 0.1) is 5.92 Å². The molecule has 108 valence electrons. The molecule has 3 rings (SSSR count). The highest BCUT2D eigenvalue weighted by Gasteiger charge is 2.42. The molecule has 2 aromatic carbocycles. The fourth-order valence-corrected chi connectivity index (χ4v) is 3.62. The van der Waals surface area contributed by atoms with Crippen molar-refractivity contribution >= 4 is 5.78 Å². The number of hydrogen-bond acceptors (Lipinski definition) is 1. The first-order valence-corrected chi connectivity index (χ1v) is 7.64. The van der Waals surface area contributed by atoms with Crippen molar-refractivity contribution in [3.05, 3.63) is 71.8 Å². The van der Waals surface area contributed by atoms with Crippen LogP contribution in [0.5, 0.6) is 0 Å². The number of hydrogen-bond donors (Lipinski definition) is 1. The Bertz CT molecular complexity index is 608. The van der Waals surface area contributed by atoms with Crippen molar-refractivity contribution < 1.29 is 9.69 Å². The number of quaternary nitrogens is 1. The second kappa shape index (κ2) is 5.82. The van der Waals surface area contributed by atoms with Gasteiger partial charge in [-0.2, -0.15) is 0 Å². The summed E-state index contributed by atoms with van der Waals surface area (Å²) in [6.07, 6.45) is 0.639. The molecule has 0 radical (unpaired) electrons. The zero-order valence-electron chi connectivity index (χ0n) is 12.6. The number of carbonyl (C=O) groups is 1. The Kier molecular flexibility index (Phi) is 3.89. The number of Topliss-reactive ketones (excluding diaryl/α,β-unsaturated/α-hetero) is 1. The van der Waals surface area contributed by atoms with E-state index in [2.05, 4.69) is 62.5 Å². The Hall–Kier alpha value is -1.93. The van der Waals surface area contributed by atoms with Crippen LogP contribution in [0.2, 0.25) is 0 Å². The third-order valence-electron chi connectivity index (χ3n) is 4.81. The van der Waals surface area contributed by atoms with Crippen LogP contribution in [0.1, 0.15) is 36.6 Å². The molecule has 4 unspecified atom stereocenters. The van der Waals surface area contributed by atoms with Crippen LogP contribution in [0.25, 0.3) is 0 Å². The minimum Gasteiger partial charge on any atom is -0.324 e. The lowest BCUT2D eigenvalue weighted by atomic mass is 9.80. The molecule has 21 heavy (non-hydrogen) atoms. The first-order chi connectivity index (χ1) is 10.2. The Labute approximate surface area is 126 Å². The van der Waals surface area contributed by atoms with E-state index in [1.54, 1.807) is 0 Å². The summed E-state index contributed by atoms with van der Waals surface area (Å²) < 4.78 is 0. The molecule has 1 aliphatic heterocycles. The second-order valence-corrected chi connectivity index (χ2v) is 6.05. The molecule has 1 N–H and O–H groups in total. The Morgan fingerprint density at radius 3 is 2.00 bits per heavy atom. The average Bonchev–Trinajstić information content (AvgIpc) is 2.53. The van der Waals surface area contributed by atoms with E-state index in [-0.39, 0.29) is 18.0 Å². The van der Waals surface area contributed by atoms with Crippen molar-refractivity contribution in [3.63, 3.8) is 0 Å². The summed E-state index contributed by atoms with van der Waals surface area (Å²) in [7, 11) is 2.22. The van der Waals surface area contributed by atoms with Gasteiger partial charge in [0.2, 0.25) is 0 Å². The van der Waals surface area contributed by atoms with Gasteiger partial charge in [-0.25, -0.2) is 0 Å². The van der Waals surface area contributed by atoms with Crippen LogP contribution in [-0.2, 0) is 4.79 Å². The number of piperidine rings is 1. The molecule has 0 aliphatic carbocycles. The molecule has 0 saturated carbocycles. The van der Waals surface area contributed by atoms with Gasteiger partial charge in [-0.3, -0.25) is 4.79 Å². The SMILES string of the molecule is CC1C(=O)CC(c2ccccc2)[NH+](C)C1c1ccccc1. The highest BCUT2D eigenvalue weighted by molar-refractivity contribution is 5.82. The maximum absolute atomic E-state index is 12.5. The van der Waals surface area contributed by atoms with Gasteiger partial charge in [-0.1, -0.05) is 60.7 Å². The number of nitrogens with one attached hydrogen (secondary N) is 1. The number of likely N-dealkylation sites (tertiary alicyclic amines) is 1. The minimum absolute atomic E-state index is 0.0763. The van der Waals surface area contributed by atoms with Gasteiger partial charge in [0, 0.05) is 11.1 Å². The van der Waals surface area contributed by atoms with E-state index in [0.29, 0.717) is 12.2 Å². The van der Waals surface area contributed by atoms with E-state index >= 15 is 0 Å². The lowest BCUT2D eigenvalue weighted by Gasteiger charge is -2.39. The van der Waals surface area contributed by atoms with Crippen molar-refractivity contribution in [1.29, 1.82) is 0 Å². The lowest BCUT2D eigenvalue weighted by molar-refractivity contribution is -0.949. The molecule has 2 nitrogen and oxygen atoms in total. The van der Waals surface area contributed by atoms with Crippen LogP contribution in [0.15, 0.2) is 60.7 Å². The molecule has 0 amide bonds. The maximum Gasteiger partial charge on any atom is 0.148 e. The Morgan fingerprint density at radius 1 is 0.905 bits per heavy atom. The number of carbonyl (C=O) groups excluding carboxylic acids is 1. The van der Waals surface area contributed by atoms with E-state index in [1.807, 2.05) is 12.1 Å². The zero-order chi connectivity index (χ0) is 14.8. The molecule has 1 aliphatic rings. The van der Waals surface area contributed by atoms with Gasteiger partial charge < -0.3 is 4.90 Å². The molecule has 1 fully saturated rings. The quantitative estimate of drug-likeness (QED) is 0.897. The van der Waals surface area contributed by atoms with Gasteiger partial charge in [-0.15, -0.1) is 0 Å². The van der Waals surface area contributed by atoms with Crippen molar-refractivity contribution in [2.45, 2.75) is 25.4 Å². The first kappa shape index (κ1) is 14.0. The van der Waals surface area contributed by atoms with E-state index in [1.165, 1.54) is 16.0 Å². The summed E-state index contributed by atoms with van der Waals surface area (Å²) in [5.41, 5.74) is 2.52. The lowest BCUT2D eigenvalue weighted by Crippen LogP contribution is -3.11. The van der Waals surface area contributed by atoms with Crippen LogP contribution >= 0.6 is 0 Å².